The molecule has 4 rings (SSSR count). The Labute approximate surface area is 151 Å². The van der Waals surface area contributed by atoms with Crippen molar-refractivity contribution in [1.29, 1.82) is 0 Å². The quantitative estimate of drug-likeness (QED) is 0.616. The minimum absolute atomic E-state index is 0.140. The number of hydrogen-bond acceptors (Lipinski definition) is 3. The third-order valence-electron chi connectivity index (χ3n) is 4.35. The number of benzene rings is 2. The fraction of sp³-hybridized carbons (Fsp3) is 0.0952. The topological polar surface area (TPSA) is 59.8 Å². The summed E-state index contributed by atoms with van der Waals surface area (Å²) in [6, 6.07) is 21.7. The molecule has 128 valence electrons. The summed E-state index contributed by atoms with van der Waals surface area (Å²) in [6.45, 7) is 2.36. The molecule has 5 nitrogen and oxygen atoms in total. The first-order valence-electron chi connectivity index (χ1n) is 8.45. The van der Waals surface area contributed by atoms with Crippen molar-refractivity contribution in [1.82, 2.24) is 20.1 Å². The van der Waals surface area contributed by atoms with Crippen molar-refractivity contribution in [3.05, 3.63) is 89.7 Å². The Morgan fingerprint density at radius 3 is 2.62 bits per heavy atom. The van der Waals surface area contributed by atoms with Crippen LogP contribution in [0.4, 0.5) is 0 Å². The van der Waals surface area contributed by atoms with Gasteiger partial charge in [-0.05, 0) is 30.7 Å². The van der Waals surface area contributed by atoms with Crippen molar-refractivity contribution in [2.24, 2.45) is 0 Å². The lowest BCUT2D eigenvalue weighted by Gasteiger charge is -2.07. The van der Waals surface area contributed by atoms with E-state index in [1.54, 1.807) is 10.9 Å². The van der Waals surface area contributed by atoms with Crippen LogP contribution in [0.3, 0.4) is 0 Å². The molecule has 0 atom stereocenters. The normalized spacial score (nSPS) is 10.8. The van der Waals surface area contributed by atoms with Gasteiger partial charge < -0.3 is 5.32 Å². The van der Waals surface area contributed by atoms with Crippen LogP contribution in [0.5, 0.6) is 0 Å². The van der Waals surface area contributed by atoms with Crippen molar-refractivity contribution in [3.63, 3.8) is 0 Å². The van der Waals surface area contributed by atoms with Crippen LogP contribution in [-0.2, 0) is 6.54 Å². The number of nitrogens with zero attached hydrogens (tertiary/aromatic N) is 3. The number of carbonyl (C=O) groups excluding carboxylic acids is 1. The van der Waals surface area contributed by atoms with Gasteiger partial charge in [-0.1, -0.05) is 48.5 Å². The third kappa shape index (κ3) is 3.07. The molecule has 0 aliphatic carbocycles. The SMILES string of the molecule is Cc1c(C(=O)NCc2ccccc2)cnn1-c1ccc2ccccc2n1. The molecular weight excluding hydrogens is 324 g/mol. The molecule has 0 saturated heterocycles. The Bertz CT molecular complexity index is 1070. The highest BCUT2D eigenvalue weighted by atomic mass is 16.1. The van der Waals surface area contributed by atoms with Crippen molar-refractivity contribution >= 4 is 16.8 Å². The van der Waals surface area contributed by atoms with E-state index in [1.165, 1.54) is 0 Å². The third-order valence-corrected chi connectivity index (χ3v) is 4.35. The first kappa shape index (κ1) is 16.0. The van der Waals surface area contributed by atoms with Crippen LogP contribution in [0, 0.1) is 6.92 Å². The fourth-order valence-corrected chi connectivity index (χ4v) is 2.91. The highest BCUT2D eigenvalue weighted by molar-refractivity contribution is 5.95. The Kier molecular flexibility index (Phi) is 4.19. The maximum absolute atomic E-state index is 12.5. The molecule has 0 radical (unpaired) electrons. The summed E-state index contributed by atoms with van der Waals surface area (Å²) in [5.74, 6) is 0.557. The molecule has 0 spiro atoms. The van der Waals surface area contributed by atoms with Gasteiger partial charge in [-0.25, -0.2) is 9.67 Å². The van der Waals surface area contributed by atoms with Gasteiger partial charge in [-0.15, -0.1) is 0 Å². The number of nitrogens with one attached hydrogen (secondary N) is 1. The molecule has 0 fully saturated rings. The molecule has 0 aliphatic heterocycles. The zero-order chi connectivity index (χ0) is 17.9. The molecule has 0 aliphatic rings. The summed E-state index contributed by atoms with van der Waals surface area (Å²) >= 11 is 0. The number of aromatic nitrogens is 3. The molecule has 0 bridgehead atoms. The second-order valence-electron chi connectivity index (χ2n) is 6.09. The molecule has 26 heavy (non-hydrogen) atoms. The number of hydrogen-bond donors (Lipinski definition) is 1. The van der Waals surface area contributed by atoms with Crippen LogP contribution in [0.25, 0.3) is 16.7 Å². The number of fused-ring (bicyclic) bond motifs is 1. The zero-order valence-electron chi connectivity index (χ0n) is 14.4. The zero-order valence-corrected chi connectivity index (χ0v) is 14.4. The van der Waals surface area contributed by atoms with Gasteiger partial charge in [-0.2, -0.15) is 5.10 Å². The summed E-state index contributed by atoms with van der Waals surface area (Å²) < 4.78 is 1.70. The Morgan fingerprint density at radius 2 is 1.77 bits per heavy atom. The molecular formula is C21H18N4O. The molecule has 0 saturated carbocycles. The lowest BCUT2D eigenvalue weighted by Crippen LogP contribution is -2.23. The van der Waals surface area contributed by atoms with E-state index in [4.69, 9.17) is 0 Å². The lowest BCUT2D eigenvalue weighted by molar-refractivity contribution is 0.0950. The van der Waals surface area contributed by atoms with E-state index < -0.39 is 0 Å². The van der Waals surface area contributed by atoms with E-state index in [0.29, 0.717) is 17.9 Å². The van der Waals surface area contributed by atoms with E-state index in [2.05, 4.69) is 15.4 Å². The summed E-state index contributed by atoms with van der Waals surface area (Å²) in [4.78, 5) is 17.2. The summed E-state index contributed by atoms with van der Waals surface area (Å²) in [5, 5.41) is 8.37. The van der Waals surface area contributed by atoms with Crippen LogP contribution in [0.2, 0.25) is 0 Å². The van der Waals surface area contributed by atoms with Crippen molar-refractivity contribution < 1.29 is 4.79 Å². The van der Waals surface area contributed by atoms with E-state index in [1.807, 2.05) is 73.7 Å². The van der Waals surface area contributed by atoms with Crippen molar-refractivity contribution in [2.45, 2.75) is 13.5 Å². The molecule has 5 heteroatoms. The molecule has 0 unspecified atom stereocenters. The Hall–Kier alpha value is -3.47. The minimum Gasteiger partial charge on any atom is -0.348 e. The summed E-state index contributed by atoms with van der Waals surface area (Å²) in [6.07, 6.45) is 1.59. The second kappa shape index (κ2) is 6.80. The fourth-order valence-electron chi connectivity index (χ4n) is 2.91. The lowest BCUT2D eigenvalue weighted by atomic mass is 10.2. The highest BCUT2D eigenvalue weighted by Crippen LogP contribution is 2.17. The van der Waals surface area contributed by atoms with Crippen LogP contribution in [0.1, 0.15) is 21.6 Å². The molecule has 2 aromatic carbocycles. The largest absolute Gasteiger partial charge is 0.348 e. The standard InChI is InChI=1S/C21H18N4O/c1-15-18(21(26)22-13-16-7-3-2-4-8-16)14-23-25(15)20-12-11-17-9-5-6-10-19(17)24-20/h2-12,14H,13H2,1H3,(H,22,26). The first-order chi connectivity index (χ1) is 12.7. The Morgan fingerprint density at radius 1 is 1.00 bits per heavy atom. The van der Waals surface area contributed by atoms with E-state index in [-0.39, 0.29) is 5.91 Å². The van der Waals surface area contributed by atoms with Gasteiger partial charge in [0.05, 0.1) is 23.0 Å². The minimum atomic E-state index is -0.140. The average molecular weight is 342 g/mol. The van der Waals surface area contributed by atoms with Crippen LogP contribution >= 0.6 is 0 Å². The number of para-hydroxylation sites is 1. The number of rotatable bonds is 4. The molecule has 2 aromatic heterocycles. The van der Waals surface area contributed by atoms with Gasteiger partial charge in [0.25, 0.3) is 5.91 Å². The van der Waals surface area contributed by atoms with Crippen LogP contribution in [-0.4, -0.2) is 20.7 Å². The summed E-state index contributed by atoms with van der Waals surface area (Å²) in [7, 11) is 0. The number of carbonyl (C=O) groups is 1. The molecule has 1 amide bonds. The van der Waals surface area contributed by atoms with E-state index >= 15 is 0 Å². The number of pyridine rings is 1. The van der Waals surface area contributed by atoms with Gasteiger partial charge in [0, 0.05) is 11.9 Å². The molecule has 4 aromatic rings. The first-order valence-corrected chi connectivity index (χ1v) is 8.45. The predicted octanol–water partition coefficient (Wildman–Crippen LogP) is 3.66. The van der Waals surface area contributed by atoms with Crippen LogP contribution < -0.4 is 5.32 Å². The van der Waals surface area contributed by atoms with Crippen molar-refractivity contribution in [3.8, 4) is 5.82 Å². The Balaban J connectivity index is 1.58. The maximum atomic E-state index is 12.5. The molecule has 1 N–H and O–H groups in total. The van der Waals surface area contributed by atoms with Gasteiger partial charge in [-0.3, -0.25) is 4.79 Å². The average Bonchev–Trinajstić information content (AvgIpc) is 3.08. The van der Waals surface area contributed by atoms with Gasteiger partial charge >= 0.3 is 0 Å². The smallest absolute Gasteiger partial charge is 0.255 e. The number of amides is 1. The van der Waals surface area contributed by atoms with Crippen LogP contribution in [0.15, 0.2) is 72.9 Å². The van der Waals surface area contributed by atoms with Crippen molar-refractivity contribution in [2.75, 3.05) is 0 Å². The second-order valence-corrected chi connectivity index (χ2v) is 6.09. The highest BCUT2D eigenvalue weighted by Gasteiger charge is 2.15. The van der Waals surface area contributed by atoms with Gasteiger partial charge in [0.1, 0.15) is 0 Å². The maximum Gasteiger partial charge on any atom is 0.255 e. The molecule has 2 heterocycles. The van der Waals surface area contributed by atoms with E-state index in [0.717, 1.165) is 22.2 Å². The predicted molar refractivity (Wildman–Crippen MR) is 101 cm³/mol. The summed E-state index contributed by atoms with van der Waals surface area (Å²) in [5.41, 5.74) is 3.27. The van der Waals surface area contributed by atoms with Gasteiger partial charge in [0.15, 0.2) is 5.82 Å². The van der Waals surface area contributed by atoms with E-state index in [9.17, 15) is 4.79 Å². The monoisotopic (exact) mass is 342 g/mol. The van der Waals surface area contributed by atoms with Gasteiger partial charge in [0.2, 0.25) is 0 Å².